The van der Waals surface area contributed by atoms with Crippen LogP contribution in [0.25, 0.3) is 0 Å². The highest BCUT2D eigenvalue weighted by molar-refractivity contribution is 5.01. The molecule has 1 unspecified atom stereocenters. The highest BCUT2D eigenvalue weighted by Crippen LogP contribution is 2.08. The molecule has 56 valence electrons. The Hall–Kier alpha value is -0.870. The SMILES string of the molecule is NCCC(N)c1ccon1. The Labute approximate surface area is 59.2 Å². The molecule has 1 rings (SSSR count). The molecule has 0 amide bonds. The predicted molar refractivity (Wildman–Crippen MR) is 37.1 cm³/mol. The van der Waals surface area contributed by atoms with E-state index in [2.05, 4.69) is 9.68 Å². The van der Waals surface area contributed by atoms with Crippen molar-refractivity contribution in [2.75, 3.05) is 6.54 Å². The zero-order chi connectivity index (χ0) is 7.40. The second-order valence-corrected chi connectivity index (χ2v) is 2.11. The van der Waals surface area contributed by atoms with Crippen LogP contribution in [-0.2, 0) is 0 Å². The molecule has 10 heavy (non-hydrogen) atoms. The first-order chi connectivity index (χ1) is 4.84. The highest BCUT2D eigenvalue weighted by Gasteiger charge is 2.06. The fourth-order valence-corrected chi connectivity index (χ4v) is 0.741. The third-order valence-corrected chi connectivity index (χ3v) is 1.32. The summed E-state index contributed by atoms with van der Waals surface area (Å²) < 4.78 is 4.61. The lowest BCUT2D eigenvalue weighted by Crippen LogP contribution is -2.15. The van der Waals surface area contributed by atoms with Crippen molar-refractivity contribution in [1.82, 2.24) is 5.16 Å². The summed E-state index contributed by atoms with van der Waals surface area (Å²) in [4.78, 5) is 0. The molecular weight excluding hydrogens is 130 g/mol. The second kappa shape index (κ2) is 3.34. The summed E-state index contributed by atoms with van der Waals surface area (Å²) in [6.07, 6.45) is 2.25. The Kier molecular flexibility index (Phi) is 2.42. The zero-order valence-corrected chi connectivity index (χ0v) is 5.66. The molecule has 1 aromatic heterocycles. The Bertz CT molecular complexity index is 173. The smallest absolute Gasteiger partial charge is 0.124 e. The van der Waals surface area contributed by atoms with E-state index in [-0.39, 0.29) is 6.04 Å². The average Bonchev–Trinajstić information content (AvgIpc) is 2.38. The number of aromatic nitrogens is 1. The standard InChI is InChI=1S/C6H11N3O/c7-3-1-5(8)6-2-4-10-9-6/h2,4-5H,1,3,7-8H2. The molecule has 1 heterocycles. The van der Waals surface area contributed by atoms with E-state index < -0.39 is 0 Å². The summed E-state index contributed by atoms with van der Waals surface area (Å²) in [5, 5.41) is 3.68. The molecule has 0 fully saturated rings. The van der Waals surface area contributed by atoms with Crippen molar-refractivity contribution >= 4 is 0 Å². The van der Waals surface area contributed by atoms with Crippen molar-refractivity contribution in [3.8, 4) is 0 Å². The minimum Gasteiger partial charge on any atom is -0.364 e. The van der Waals surface area contributed by atoms with Crippen molar-refractivity contribution in [1.29, 1.82) is 0 Å². The van der Waals surface area contributed by atoms with Crippen LogP contribution in [0.1, 0.15) is 18.2 Å². The van der Waals surface area contributed by atoms with Gasteiger partial charge in [-0.05, 0) is 13.0 Å². The fraction of sp³-hybridized carbons (Fsp3) is 0.500. The normalized spacial score (nSPS) is 13.4. The van der Waals surface area contributed by atoms with Crippen LogP contribution in [0.4, 0.5) is 0 Å². The van der Waals surface area contributed by atoms with Crippen molar-refractivity contribution in [3.63, 3.8) is 0 Å². The number of hydrogen-bond acceptors (Lipinski definition) is 4. The minimum atomic E-state index is -0.0799. The van der Waals surface area contributed by atoms with Gasteiger partial charge in [0.05, 0.1) is 6.04 Å². The first-order valence-corrected chi connectivity index (χ1v) is 3.20. The molecule has 0 bridgehead atoms. The zero-order valence-electron chi connectivity index (χ0n) is 5.66. The molecule has 0 radical (unpaired) electrons. The lowest BCUT2D eigenvalue weighted by molar-refractivity contribution is 0.403. The van der Waals surface area contributed by atoms with Crippen molar-refractivity contribution in [2.45, 2.75) is 12.5 Å². The van der Waals surface area contributed by atoms with Crippen molar-refractivity contribution in [3.05, 3.63) is 18.0 Å². The largest absolute Gasteiger partial charge is 0.364 e. The van der Waals surface area contributed by atoms with Crippen molar-refractivity contribution < 1.29 is 4.52 Å². The first-order valence-electron chi connectivity index (χ1n) is 3.20. The molecule has 0 spiro atoms. The molecule has 0 saturated heterocycles. The van der Waals surface area contributed by atoms with Gasteiger partial charge >= 0.3 is 0 Å². The van der Waals surface area contributed by atoms with Gasteiger partial charge in [-0.25, -0.2) is 0 Å². The van der Waals surface area contributed by atoms with Crippen LogP contribution in [0.5, 0.6) is 0 Å². The topological polar surface area (TPSA) is 78.1 Å². The van der Waals surface area contributed by atoms with Crippen LogP contribution in [0.2, 0.25) is 0 Å². The van der Waals surface area contributed by atoms with Gasteiger partial charge in [-0.2, -0.15) is 0 Å². The van der Waals surface area contributed by atoms with Crippen LogP contribution in [0.15, 0.2) is 16.9 Å². The lowest BCUT2D eigenvalue weighted by atomic mass is 10.1. The lowest BCUT2D eigenvalue weighted by Gasteiger charge is -2.03. The third-order valence-electron chi connectivity index (χ3n) is 1.32. The highest BCUT2D eigenvalue weighted by atomic mass is 16.5. The van der Waals surface area contributed by atoms with Crippen molar-refractivity contribution in [2.24, 2.45) is 11.5 Å². The van der Waals surface area contributed by atoms with E-state index in [0.29, 0.717) is 6.54 Å². The summed E-state index contributed by atoms with van der Waals surface area (Å²) in [6, 6.07) is 1.67. The van der Waals surface area contributed by atoms with Gasteiger partial charge in [0.15, 0.2) is 0 Å². The molecule has 4 heteroatoms. The Morgan fingerprint density at radius 2 is 2.50 bits per heavy atom. The maximum absolute atomic E-state index is 5.65. The summed E-state index contributed by atoms with van der Waals surface area (Å²) in [7, 11) is 0. The summed E-state index contributed by atoms with van der Waals surface area (Å²) in [5.41, 5.74) is 11.7. The third kappa shape index (κ3) is 1.55. The number of nitrogens with zero attached hydrogens (tertiary/aromatic N) is 1. The van der Waals surface area contributed by atoms with Crippen LogP contribution in [0, 0.1) is 0 Å². The second-order valence-electron chi connectivity index (χ2n) is 2.11. The van der Waals surface area contributed by atoms with E-state index >= 15 is 0 Å². The summed E-state index contributed by atoms with van der Waals surface area (Å²) in [5.74, 6) is 0. The Morgan fingerprint density at radius 3 is 3.00 bits per heavy atom. The summed E-state index contributed by atoms with van der Waals surface area (Å²) >= 11 is 0. The van der Waals surface area contributed by atoms with Crippen LogP contribution in [-0.4, -0.2) is 11.7 Å². The van der Waals surface area contributed by atoms with E-state index in [1.807, 2.05) is 0 Å². The van der Waals surface area contributed by atoms with E-state index in [1.165, 1.54) is 6.26 Å². The van der Waals surface area contributed by atoms with E-state index in [9.17, 15) is 0 Å². The van der Waals surface area contributed by atoms with Gasteiger partial charge in [0.2, 0.25) is 0 Å². The van der Waals surface area contributed by atoms with E-state index in [4.69, 9.17) is 11.5 Å². The quantitative estimate of drug-likeness (QED) is 0.622. The van der Waals surface area contributed by atoms with Crippen LogP contribution >= 0.6 is 0 Å². The average molecular weight is 141 g/mol. The van der Waals surface area contributed by atoms with Gasteiger partial charge in [-0.1, -0.05) is 5.16 Å². The van der Waals surface area contributed by atoms with Crippen LogP contribution < -0.4 is 11.5 Å². The summed E-state index contributed by atoms with van der Waals surface area (Å²) in [6.45, 7) is 0.577. The van der Waals surface area contributed by atoms with Crippen LogP contribution in [0.3, 0.4) is 0 Å². The number of rotatable bonds is 3. The Morgan fingerprint density at radius 1 is 1.70 bits per heavy atom. The molecule has 1 aromatic rings. The Balaban J connectivity index is 2.50. The van der Waals surface area contributed by atoms with Gasteiger partial charge in [0, 0.05) is 6.07 Å². The molecule has 1 atom stereocenters. The van der Waals surface area contributed by atoms with Gasteiger partial charge in [-0.15, -0.1) is 0 Å². The maximum Gasteiger partial charge on any atom is 0.124 e. The number of nitrogens with two attached hydrogens (primary N) is 2. The van der Waals surface area contributed by atoms with Gasteiger partial charge < -0.3 is 16.0 Å². The molecule has 4 N–H and O–H groups in total. The molecule has 0 aliphatic rings. The van der Waals surface area contributed by atoms with E-state index in [1.54, 1.807) is 6.07 Å². The van der Waals surface area contributed by atoms with Gasteiger partial charge in [0.1, 0.15) is 12.0 Å². The minimum absolute atomic E-state index is 0.0799. The molecule has 0 aliphatic carbocycles. The van der Waals surface area contributed by atoms with E-state index in [0.717, 1.165) is 12.1 Å². The fourth-order valence-electron chi connectivity index (χ4n) is 0.741. The molecular formula is C6H11N3O. The molecule has 0 aromatic carbocycles. The molecule has 0 saturated carbocycles. The predicted octanol–water partition coefficient (Wildman–Crippen LogP) is 0.0232. The molecule has 0 aliphatic heterocycles. The molecule has 4 nitrogen and oxygen atoms in total. The van der Waals surface area contributed by atoms with Gasteiger partial charge in [0.25, 0.3) is 0 Å². The number of hydrogen-bond donors (Lipinski definition) is 2. The first kappa shape index (κ1) is 7.24. The van der Waals surface area contributed by atoms with Gasteiger partial charge in [-0.3, -0.25) is 0 Å². The monoisotopic (exact) mass is 141 g/mol. The maximum atomic E-state index is 5.65.